The minimum atomic E-state index is 0.479. The molecule has 0 N–H and O–H groups in total. The van der Waals surface area contributed by atoms with Crippen molar-refractivity contribution in [3.63, 3.8) is 0 Å². The van der Waals surface area contributed by atoms with E-state index in [1.54, 1.807) is 24.4 Å². The highest BCUT2D eigenvalue weighted by Crippen LogP contribution is 2.16. The molecule has 0 saturated heterocycles. The second-order valence-electron chi connectivity index (χ2n) is 4.24. The number of benzene rings is 2. The summed E-state index contributed by atoms with van der Waals surface area (Å²) in [4.78, 5) is 13.7. The predicted molar refractivity (Wildman–Crippen MR) is 86.7 cm³/mol. The second kappa shape index (κ2) is 8.92. The van der Waals surface area contributed by atoms with E-state index in [0.29, 0.717) is 5.69 Å². The fourth-order valence-electron chi connectivity index (χ4n) is 1.55. The van der Waals surface area contributed by atoms with Crippen LogP contribution in [0.2, 0.25) is 0 Å². The van der Waals surface area contributed by atoms with Crippen LogP contribution in [0.5, 0.6) is 0 Å². The maximum atomic E-state index is 9.94. The lowest BCUT2D eigenvalue weighted by atomic mass is 10.3. The Labute approximate surface area is 129 Å². The monoisotopic (exact) mass is 289 g/mol. The van der Waals surface area contributed by atoms with Gasteiger partial charge in [0.05, 0.1) is 11.4 Å². The van der Waals surface area contributed by atoms with E-state index in [9.17, 15) is 4.79 Å². The molecule has 22 heavy (non-hydrogen) atoms. The lowest BCUT2D eigenvalue weighted by Crippen LogP contribution is -1.80. The Kier molecular flexibility index (Phi) is 6.18. The van der Waals surface area contributed by atoms with Crippen molar-refractivity contribution in [2.24, 2.45) is 10.2 Å². The summed E-state index contributed by atoms with van der Waals surface area (Å²) in [5.74, 6) is 0. The van der Waals surface area contributed by atoms with Crippen molar-refractivity contribution in [2.45, 2.75) is 0 Å². The van der Waals surface area contributed by atoms with Crippen LogP contribution in [0.1, 0.15) is 10.5 Å². The molecule has 0 atom stereocenters. The van der Waals surface area contributed by atoms with Crippen LogP contribution in [-0.4, -0.2) is 11.3 Å². The van der Waals surface area contributed by atoms with Gasteiger partial charge < -0.3 is 0 Å². The molecule has 3 rings (SSSR count). The fraction of sp³-hybridized carbons (Fsp3) is 0. The first-order valence-electron chi connectivity index (χ1n) is 6.76. The van der Waals surface area contributed by atoms with Gasteiger partial charge in [-0.05, 0) is 36.4 Å². The van der Waals surface area contributed by atoms with Crippen molar-refractivity contribution < 1.29 is 4.79 Å². The van der Waals surface area contributed by atoms with Gasteiger partial charge >= 0.3 is 0 Å². The summed E-state index contributed by atoms with van der Waals surface area (Å²) in [5, 5.41) is 8.20. The molecule has 4 heteroatoms. The number of azo groups is 1. The number of carbonyl (C=O) groups is 1. The third kappa shape index (κ3) is 5.46. The normalized spacial score (nSPS) is 9.82. The first kappa shape index (κ1) is 15.3. The van der Waals surface area contributed by atoms with Crippen molar-refractivity contribution in [1.29, 1.82) is 0 Å². The standard InChI is InChI=1S/C12H10N2.C6H5NO/c1-3-7-11(8-4-1)13-14-12-9-5-2-6-10-12;8-5-6-3-1-2-4-7-6/h1-10H;1-5H/b14-13+;. The van der Waals surface area contributed by atoms with E-state index in [2.05, 4.69) is 15.2 Å². The topological polar surface area (TPSA) is 54.7 Å². The average molecular weight is 289 g/mol. The molecule has 4 nitrogen and oxygen atoms in total. The SMILES string of the molecule is O=Cc1ccccn1.c1ccc(/N=N/c2ccccc2)cc1. The minimum absolute atomic E-state index is 0.479. The molecule has 2 aromatic carbocycles. The molecular weight excluding hydrogens is 274 g/mol. The first-order valence-corrected chi connectivity index (χ1v) is 6.76. The summed E-state index contributed by atoms with van der Waals surface area (Å²) in [6.07, 6.45) is 2.31. The number of aromatic nitrogens is 1. The Hall–Kier alpha value is -3.14. The van der Waals surface area contributed by atoms with Gasteiger partial charge in [-0.3, -0.25) is 9.78 Å². The van der Waals surface area contributed by atoms with Gasteiger partial charge in [0, 0.05) is 6.20 Å². The van der Waals surface area contributed by atoms with Crippen LogP contribution in [-0.2, 0) is 0 Å². The molecule has 0 aliphatic carbocycles. The highest BCUT2D eigenvalue weighted by Gasteiger charge is 1.86. The molecule has 0 unspecified atom stereocenters. The van der Waals surface area contributed by atoms with E-state index >= 15 is 0 Å². The van der Waals surface area contributed by atoms with Crippen LogP contribution in [0.3, 0.4) is 0 Å². The van der Waals surface area contributed by atoms with E-state index in [1.807, 2.05) is 60.7 Å². The largest absolute Gasteiger partial charge is 0.296 e. The number of nitrogens with zero attached hydrogens (tertiary/aromatic N) is 3. The molecule has 0 aliphatic heterocycles. The molecule has 0 radical (unpaired) electrons. The van der Waals surface area contributed by atoms with Crippen LogP contribution in [0.15, 0.2) is 95.3 Å². The van der Waals surface area contributed by atoms with Gasteiger partial charge in [-0.2, -0.15) is 10.2 Å². The summed E-state index contributed by atoms with van der Waals surface area (Å²) in [6.45, 7) is 0. The Morgan fingerprint density at radius 3 is 1.55 bits per heavy atom. The molecule has 108 valence electrons. The fourth-order valence-corrected chi connectivity index (χ4v) is 1.55. The molecule has 0 saturated carbocycles. The van der Waals surface area contributed by atoms with Gasteiger partial charge in [0.15, 0.2) is 6.29 Å². The van der Waals surface area contributed by atoms with E-state index in [1.165, 1.54) is 0 Å². The molecule has 0 amide bonds. The maximum absolute atomic E-state index is 9.94. The van der Waals surface area contributed by atoms with Crippen molar-refractivity contribution in [3.05, 3.63) is 90.8 Å². The van der Waals surface area contributed by atoms with E-state index in [-0.39, 0.29) is 0 Å². The van der Waals surface area contributed by atoms with Crippen molar-refractivity contribution in [3.8, 4) is 0 Å². The molecular formula is C18H15N3O. The summed E-state index contributed by atoms with van der Waals surface area (Å²) in [6, 6.07) is 24.6. The smallest absolute Gasteiger partial charge is 0.168 e. The number of carbonyl (C=O) groups excluding carboxylic acids is 1. The van der Waals surface area contributed by atoms with Gasteiger partial charge in [0.1, 0.15) is 5.69 Å². The van der Waals surface area contributed by atoms with Gasteiger partial charge in [-0.15, -0.1) is 0 Å². The zero-order valence-electron chi connectivity index (χ0n) is 11.9. The Morgan fingerprint density at radius 2 is 1.18 bits per heavy atom. The summed E-state index contributed by atoms with van der Waals surface area (Å²) in [5.41, 5.74) is 2.22. The van der Waals surface area contributed by atoms with E-state index in [0.717, 1.165) is 17.7 Å². The summed E-state index contributed by atoms with van der Waals surface area (Å²) >= 11 is 0. The number of aldehydes is 1. The Bertz CT molecular complexity index is 657. The number of hydrogen-bond donors (Lipinski definition) is 0. The second-order valence-corrected chi connectivity index (χ2v) is 4.24. The van der Waals surface area contributed by atoms with Crippen LogP contribution in [0, 0.1) is 0 Å². The molecule has 1 heterocycles. The molecule has 0 bridgehead atoms. The van der Waals surface area contributed by atoms with Crippen LogP contribution in [0.4, 0.5) is 11.4 Å². The van der Waals surface area contributed by atoms with Gasteiger partial charge in [-0.25, -0.2) is 0 Å². The molecule has 0 spiro atoms. The van der Waals surface area contributed by atoms with Crippen LogP contribution < -0.4 is 0 Å². The summed E-state index contributed by atoms with van der Waals surface area (Å²) in [7, 11) is 0. The molecule has 0 fully saturated rings. The first-order chi connectivity index (χ1) is 10.9. The molecule has 1 aromatic heterocycles. The third-order valence-corrected chi connectivity index (χ3v) is 2.60. The van der Waals surface area contributed by atoms with E-state index < -0.39 is 0 Å². The Balaban J connectivity index is 0.000000188. The zero-order valence-corrected chi connectivity index (χ0v) is 11.9. The number of pyridine rings is 1. The van der Waals surface area contributed by atoms with Crippen molar-refractivity contribution in [1.82, 2.24) is 4.98 Å². The lowest BCUT2D eigenvalue weighted by Gasteiger charge is -1.91. The number of hydrogen-bond acceptors (Lipinski definition) is 4. The quantitative estimate of drug-likeness (QED) is 0.503. The highest BCUT2D eigenvalue weighted by atomic mass is 16.1. The maximum Gasteiger partial charge on any atom is 0.168 e. The van der Waals surface area contributed by atoms with Crippen molar-refractivity contribution in [2.75, 3.05) is 0 Å². The summed E-state index contributed by atoms with van der Waals surface area (Å²) < 4.78 is 0. The lowest BCUT2D eigenvalue weighted by molar-refractivity contribution is 0.111. The van der Waals surface area contributed by atoms with Gasteiger partial charge in [0.2, 0.25) is 0 Å². The number of rotatable bonds is 3. The van der Waals surface area contributed by atoms with Crippen LogP contribution >= 0.6 is 0 Å². The van der Waals surface area contributed by atoms with Gasteiger partial charge in [-0.1, -0.05) is 42.5 Å². The third-order valence-electron chi connectivity index (χ3n) is 2.60. The van der Waals surface area contributed by atoms with E-state index in [4.69, 9.17) is 0 Å². The van der Waals surface area contributed by atoms with Gasteiger partial charge in [0.25, 0.3) is 0 Å². The molecule has 3 aromatic rings. The van der Waals surface area contributed by atoms with Crippen LogP contribution in [0.25, 0.3) is 0 Å². The van der Waals surface area contributed by atoms with Crippen molar-refractivity contribution >= 4 is 17.7 Å². The predicted octanol–water partition coefficient (Wildman–Crippen LogP) is 5.00. The highest BCUT2D eigenvalue weighted by molar-refractivity contribution is 5.71. The Morgan fingerprint density at radius 1 is 0.682 bits per heavy atom. The average Bonchev–Trinajstić information content (AvgIpc) is 2.63. The molecule has 0 aliphatic rings. The minimum Gasteiger partial charge on any atom is -0.296 e. The zero-order chi connectivity index (χ0) is 15.5.